The Morgan fingerprint density at radius 1 is 1.10 bits per heavy atom. The summed E-state index contributed by atoms with van der Waals surface area (Å²) in [7, 11) is 0. The fourth-order valence-corrected chi connectivity index (χ4v) is 1.19. The van der Waals surface area contributed by atoms with Crippen LogP contribution in [0.4, 0.5) is 4.79 Å². The van der Waals surface area contributed by atoms with Gasteiger partial charge in [-0.3, -0.25) is 9.63 Å². The smallest absolute Gasteiger partial charge is 0.492 e. The van der Waals surface area contributed by atoms with Crippen molar-refractivity contribution in [2.24, 2.45) is 5.41 Å². The Kier molecular flexibility index (Phi) is 5.45. The fraction of sp³-hybridized carbons (Fsp3) is 0.538. The highest BCUT2D eigenvalue weighted by atomic mass is 16.8. The number of aromatic nitrogens is 1. The summed E-state index contributed by atoms with van der Waals surface area (Å²) < 4.78 is 10.2. The Morgan fingerprint density at radius 3 is 2.14 bits per heavy atom. The molecule has 0 aliphatic carbocycles. The van der Waals surface area contributed by atoms with Crippen LogP contribution < -0.4 is 4.84 Å². The third kappa shape index (κ3) is 5.25. The number of aromatic hydroxyl groups is 2. The zero-order chi connectivity index (χ0) is 16.0. The predicted molar refractivity (Wildman–Crippen MR) is 70.7 cm³/mol. The molecule has 0 bridgehead atoms. The van der Waals surface area contributed by atoms with Crippen molar-refractivity contribution in [1.29, 1.82) is 0 Å². The summed E-state index contributed by atoms with van der Waals surface area (Å²) in [6, 6.07) is 2.29. The molecular formula is C13H19NO7. The first-order valence-electron chi connectivity index (χ1n) is 6.34. The summed E-state index contributed by atoms with van der Waals surface area (Å²) in [6.07, 6.45) is -0.792. The fourth-order valence-electron chi connectivity index (χ4n) is 1.19. The molecule has 118 valence electrons. The Labute approximate surface area is 121 Å². The zero-order valence-corrected chi connectivity index (χ0v) is 12.2. The van der Waals surface area contributed by atoms with E-state index in [1.807, 2.05) is 0 Å². The molecule has 0 unspecified atom stereocenters. The minimum Gasteiger partial charge on any atom is -0.492 e. The lowest BCUT2D eigenvalue weighted by Gasteiger charge is -2.16. The van der Waals surface area contributed by atoms with E-state index < -0.39 is 23.3 Å². The second kappa shape index (κ2) is 6.87. The predicted octanol–water partition coefficient (Wildman–Crippen LogP) is 1.44. The van der Waals surface area contributed by atoms with Gasteiger partial charge in [0.05, 0.1) is 18.6 Å². The maximum absolute atomic E-state index is 11.4. The first-order valence-corrected chi connectivity index (χ1v) is 6.34. The molecule has 0 saturated carbocycles. The summed E-state index contributed by atoms with van der Waals surface area (Å²) in [4.78, 5) is 27.3. The highest BCUT2D eigenvalue weighted by Crippen LogP contribution is 2.18. The highest BCUT2D eigenvalue weighted by molar-refractivity contribution is 5.75. The molecule has 0 fully saturated rings. The third-order valence-corrected chi connectivity index (χ3v) is 2.32. The molecule has 0 radical (unpaired) electrons. The van der Waals surface area contributed by atoms with Gasteiger partial charge >= 0.3 is 12.1 Å². The van der Waals surface area contributed by atoms with E-state index in [4.69, 9.17) is 9.47 Å². The van der Waals surface area contributed by atoms with Gasteiger partial charge in [0.25, 0.3) is 0 Å². The largest absolute Gasteiger partial charge is 0.533 e. The van der Waals surface area contributed by atoms with Crippen LogP contribution in [0, 0.1) is 5.41 Å². The zero-order valence-electron chi connectivity index (χ0n) is 12.2. The molecule has 0 amide bonds. The molecular weight excluding hydrogens is 282 g/mol. The number of esters is 1. The van der Waals surface area contributed by atoms with Crippen molar-refractivity contribution in [3.63, 3.8) is 0 Å². The second-order valence-corrected chi connectivity index (χ2v) is 5.27. The molecule has 0 atom stereocenters. The molecule has 1 aromatic heterocycles. The minimum atomic E-state index is -1.10. The normalized spacial score (nSPS) is 11.0. The minimum absolute atomic E-state index is 0.0287. The first kappa shape index (κ1) is 16.7. The Bertz CT molecular complexity index is 482. The van der Waals surface area contributed by atoms with Crippen LogP contribution in [0.1, 0.15) is 27.2 Å². The number of hydrogen-bond donors (Lipinski definition) is 2. The average molecular weight is 301 g/mol. The van der Waals surface area contributed by atoms with E-state index in [1.54, 1.807) is 20.8 Å². The molecule has 8 nitrogen and oxygen atoms in total. The van der Waals surface area contributed by atoms with Gasteiger partial charge in [0.1, 0.15) is 0 Å². The standard InChI is InChI=1S/C13H19NO7/c1-13(2,3)11(17)19-7-4-8-20-12(18)21-14-9(15)5-6-10(14)16/h5-6,15-16H,4,7-8H2,1-3H3. The summed E-state index contributed by atoms with van der Waals surface area (Å²) in [6.45, 7) is 5.29. The summed E-state index contributed by atoms with van der Waals surface area (Å²) in [5, 5.41) is 18.5. The van der Waals surface area contributed by atoms with Crippen LogP contribution in [0.5, 0.6) is 11.8 Å². The van der Waals surface area contributed by atoms with Gasteiger partial charge in [-0.15, -0.1) is 4.73 Å². The molecule has 0 aromatic carbocycles. The SMILES string of the molecule is CC(C)(C)C(=O)OCCCOC(=O)On1c(O)ccc1O. The Hall–Kier alpha value is -2.38. The van der Waals surface area contributed by atoms with E-state index in [1.165, 1.54) is 0 Å². The Balaban J connectivity index is 2.22. The number of carbonyl (C=O) groups excluding carboxylic acids is 2. The quantitative estimate of drug-likeness (QED) is 0.626. The maximum atomic E-state index is 11.4. The van der Waals surface area contributed by atoms with Gasteiger partial charge in [-0.1, -0.05) is 0 Å². The molecule has 0 spiro atoms. The van der Waals surface area contributed by atoms with Crippen LogP contribution in [0.3, 0.4) is 0 Å². The van der Waals surface area contributed by atoms with E-state index in [0.717, 1.165) is 12.1 Å². The number of carbonyl (C=O) groups is 2. The van der Waals surface area contributed by atoms with Crippen molar-refractivity contribution in [2.75, 3.05) is 13.2 Å². The third-order valence-electron chi connectivity index (χ3n) is 2.32. The van der Waals surface area contributed by atoms with E-state index >= 15 is 0 Å². The second-order valence-electron chi connectivity index (χ2n) is 5.27. The molecule has 1 aromatic rings. The topological polar surface area (TPSA) is 107 Å². The van der Waals surface area contributed by atoms with Gasteiger partial charge in [0.2, 0.25) is 11.8 Å². The molecule has 21 heavy (non-hydrogen) atoms. The van der Waals surface area contributed by atoms with Crippen molar-refractivity contribution in [2.45, 2.75) is 27.2 Å². The maximum Gasteiger partial charge on any atom is 0.533 e. The summed E-state index contributed by atoms with van der Waals surface area (Å²) >= 11 is 0. The van der Waals surface area contributed by atoms with Gasteiger partial charge < -0.3 is 19.7 Å². The van der Waals surface area contributed by atoms with Gasteiger partial charge in [0, 0.05) is 18.6 Å². The van der Waals surface area contributed by atoms with Crippen LogP contribution >= 0.6 is 0 Å². The molecule has 1 rings (SSSR count). The number of hydrogen-bond acceptors (Lipinski definition) is 7. The first-order chi connectivity index (χ1) is 9.71. The van der Waals surface area contributed by atoms with Crippen molar-refractivity contribution in [1.82, 2.24) is 4.73 Å². The summed E-state index contributed by atoms with van der Waals surface area (Å²) in [5.41, 5.74) is -0.580. The highest BCUT2D eigenvalue weighted by Gasteiger charge is 2.22. The number of rotatable bonds is 5. The van der Waals surface area contributed by atoms with Crippen molar-refractivity contribution in [3.05, 3.63) is 12.1 Å². The van der Waals surface area contributed by atoms with Gasteiger partial charge in [0.15, 0.2) is 0 Å². The summed E-state index contributed by atoms with van der Waals surface area (Å²) in [5.74, 6) is -1.22. The molecule has 2 N–H and O–H groups in total. The molecule has 1 heterocycles. The monoisotopic (exact) mass is 301 g/mol. The number of nitrogens with zero attached hydrogens (tertiary/aromatic N) is 1. The van der Waals surface area contributed by atoms with Crippen LogP contribution in [0.2, 0.25) is 0 Å². The van der Waals surface area contributed by atoms with E-state index in [-0.39, 0.29) is 19.2 Å². The van der Waals surface area contributed by atoms with Crippen LogP contribution in [-0.2, 0) is 14.3 Å². The van der Waals surface area contributed by atoms with Gasteiger partial charge in [-0.2, -0.15) is 0 Å². The Morgan fingerprint density at radius 2 is 1.62 bits per heavy atom. The molecule has 8 heteroatoms. The lowest BCUT2D eigenvalue weighted by Crippen LogP contribution is -2.24. The van der Waals surface area contributed by atoms with E-state index in [9.17, 15) is 19.8 Å². The lowest BCUT2D eigenvalue weighted by atomic mass is 9.97. The molecule has 0 aliphatic heterocycles. The molecule has 0 aliphatic rings. The van der Waals surface area contributed by atoms with Crippen LogP contribution in [0.15, 0.2) is 12.1 Å². The lowest BCUT2D eigenvalue weighted by molar-refractivity contribution is -0.153. The van der Waals surface area contributed by atoms with Crippen molar-refractivity contribution in [3.8, 4) is 11.8 Å². The van der Waals surface area contributed by atoms with Gasteiger partial charge in [-0.25, -0.2) is 4.79 Å². The average Bonchev–Trinajstić information content (AvgIpc) is 2.68. The van der Waals surface area contributed by atoms with E-state index in [0.29, 0.717) is 11.2 Å². The number of ether oxygens (including phenoxy) is 2. The van der Waals surface area contributed by atoms with Crippen LogP contribution in [0.25, 0.3) is 0 Å². The van der Waals surface area contributed by atoms with Crippen molar-refractivity contribution < 1.29 is 34.1 Å². The van der Waals surface area contributed by atoms with Crippen LogP contribution in [-0.4, -0.2) is 40.3 Å². The van der Waals surface area contributed by atoms with Gasteiger partial charge in [-0.05, 0) is 20.8 Å². The molecule has 0 saturated heterocycles. The van der Waals surface area contributed by atoms with Crippen molar-refractivity contribution >= 4 is 12.1 Å². The van der Waals surface area contributed by atoms with E-state index in [2.05, 4.69) is 4.84 Å².